The molecule has 0 unspecified atom stereocenters. The summed E-state index contributed by atoms with van der Waals surface area (Å²) in [5.41, 5.74) is 1.15. The number of ether oxygens (including phenoxy) is 1. The van der Waals surface area contributed by atoms with Crippen LogP contribution >= 0.6 is 0 Å². The van der Waals surface area contributed by atoms with E-state index in [1.54, 1.807) is 24.3 Å². The van der Waals surface area contributed by atoms with Gasteiger partial charge in [0.2, 0.25) is 0 Å². The molecule has 1 N–H and O–H groups in total. The highest BCUT2D eigenvalue weighted by molar-refractivity contribution is 5.94. The second-order valence-electron chi connectivity index (χ2n) is 5.37. The summed E-state index contributed by atoms with van der Waals surface area (Å²) in [6, 6.07) is 7.13. The van der Waals surface area contributed by atoms with Gasteiger partial charge in [-0.25, -0.2) is 0 Å². The van der Waals surface area contributed by atoms with Crippen LogP contribution in [0.1, 0.15) is 29.8 Å². The highest BCUT2D eigenvalue weighted by atomic mass is 16.5. The number of aliphatic hydroxyl groups is 1. The van der Waals surface area contributed by atoms with Crippen molar-refractivity contribution in [2.24, 2.45) is 0 Å². The summed E-state index contributed by atoms with van der Waals surface area (Å²) >= 11 is 0. The first-order valence-electron chi connectivity index (χ1n) is 6.65. The molecule has 0 saturated carbocycles. The Bertz CT molecular complexity index is 537. The van der Waals surface area contributed by atoms with Gasteiger partial charge >= 0.3 is 0 Å². The number of morpholine rings is 1. The molecule has 0 bridgehead atoms. The van der Waals surface area contributed by atoms with Crippen molar-refractivity contribution < 1.29 is 14.6 Å². The zero-order valence-electron chi connectivity index (χ0n) is 11.8. The standard InChI is InChI=1S/C16H19NO3/c1-16(2)12-17(9-11-20-16)15(19)14-7-5-13(6-8-14)4-3-10-18/h5-8,18H,9-12H2,1-2H3. The van der Waals surface area contributed by atoms with E-state index in [2.05, 4.69) is 11.8 Å². The Hall–Kier alpha value is -1.83. The van der Waals surface area contributed by atoms with Crippen molar-refractivity contribution in [1.82, 2.24) is 4.90 Å². The lowest BCUT2D eigenvalue weighted by atomic mass is 10.1. The van der Waals surface area contributed by atoms with E-state index >= 15 is 0 Å². The fourth-order valence-corrected chi connectivity index (χ4v) is 2.21. The Morgan fingerprint density at radius 1 is 1.40 bits per heavy atom. The number of carbonyl (C=O) groups is 1. The van der Waals surface area contributed by atoms with Crippen LogP contribution in [0, 0.1) is 11.8 Å². The zero-order chi connectivity index (χ0) is 14.6. The van der Waals surface area contributed by atoms with E-state index in [1.807, 2.05) is 18.7 Å². The summed E-state index contributed by atoms with van der Waals surface area (Å²) in [5.74, 6) is 5.41. The minimum atomic E-state index is -0.291. The van der Waals surface area contributed by atoms with Crippen LogP contribution in [0.25, 0.3) is 0 Å². The Kier molecular flexibility index (Phi) is 4.43. The fraction of sp³-hybridized carbons (Fsp3) is 0.438. The van der Waals surface area contributed by atoms with E-state index < -0.39 is 0 Å². The molecule has 1 aliphatic rings. The van der Waals surface area contributed by atoms with Gasteiger partial charge in [0, 0.05) is 24.2 Å². The smallest absolute Gasteiger partial charge is 0.254 e. The van der Waals surface area contributed by atoms with Crippen LogP contribution in [-0.2, 0) is 4.74 Å². The maximum absolute atomic E-state index is 12.4. The lowest BCUT2D eigenvalue weighted by molar-refractivity contribution is -0.0764. The molecule has 0 aromatic heterocycles. The van der Waals surface area contributed by atoms with Crippen LogP contribution in [0.5, 0.6) is 0 Å². The molecule has 0 radical (unpaired) electrons. The van der Waals surface area contributed by atoms with E-state index in [1.165, 1.54) is 0 Å². The molecule has 0 spiro atoms. The molecule has 4 heteroatoms. The minimum absolute atomic E-state index is 0.0167. The SMILES string of the molecule is CC1(C)CN(C(=O)c2ccc(C#CCO)cc2)CCO1. The van der Waals surface area contributed by atoms with E-state index in [-0.39, 0.29) is 18.1 Å². The number of benzene rings is 1. The number of aliphatic hydroxyl groups excluding tert-OH is 1. The largest absolute Gasteiger partial charge is 0.384 e. The van der Waals surface area contributed by atoms with Crippen LogP contribution in [0.2, 0.25) is 0 Å². The zero-order valence-corrected chi connectivity index (χ0v) is 11.8. The number of hydrogen-bond donors (Lipinski definition) is 1. The third-order valence-electron chi connectivity index (χ3n) is 3.16. The van der Waals surface area contributed by atoms with Crippen LogP contribution in [0.4, 0.5) is 0 Å². The molecule has 106 valence electrons. The molecule has 1 heterocycles. The Balaban J connectivity index is 2.09. The second kappa shape index (κ2) is 6.08. The maximum atomic E-state index is 12.4. The van der Waals surface area contributed by atoms with E-state index in [0.717, 1.165) is 5.56 Å². The van der Waals surface area contributed by atoms with Gasteiger partial charge < -0.3 is 14.7 Å². The van der Waals surface area contributed by atoms with Crippen molar-refractivity contribution in [3.05, 3.63) is 35.4 Å². The molecular weight excluding hydrogens is 254 g/mol. The molecule has 0 atom stereocenters. The molecule has 4 nitrogen and oxygen atoms in total. The summed E-state index contributed by atoms with van der Waals surface area (Å²) in [4.78, 5) is 14.2. The van der Waals surface area contributed by atoms with E-state index in [0.29, 0.717) is 25.3 Å². The molecule has 20 heavy (non-hydrogen) atoms. The molecule has 1 saturated heterocycles. The van der Waals surface area contributed by atoms with Gasteiger partial charge in [0.15, 0.2) is 0 Å². The maximum Gasteiger partial charge on any atom is 0.254 e. The van der Waals surface area contributed by atoms with Gasteiger partial charge in [0.1, 0.15) is 6.61 Å². The number of hydrogen-bond acceptors (Lipinski definition) is 3. The molecule has 1 amide bonds. The van der Waals surface area contributed by atoms with E-state index in [4.69, 9.17) is 9.84 Å². The lowest BCUT2D eigenvalue weighted by Gasteiger charge is -2.38. The van der Waals surface area contributed by atoms with Crippen molar-refractivity contribution in [2.45, 2.75) is 19.4 Å². The summed E-state index contributed by atoms with van der Waals surface area (Å²) in [7, 11) is 0. The lowest BCUT2D eigenvalue weighted by Crippen LogP contribution is -2.50. The van der Waals surface area contributed by atoms with E-state index in [9.17, 15) is 4.79 Å². The molecule has 1 aromatic carbocycles. The van der Waals surface area contributed by atoms with Crippen LogP contribution in [0.3, 0.4) is 0 Å². The normalized spacial score (nSPS) is 17.2. The van der Waals surface area contributed by atoms with Crippen molar-refractivity contribution in [1.29, 1.82) is 0 Å². The summed E-state index contributed by atoms with van der Waals surface area (Å²) in [6.07, 6.45) is 0. The molecule has 1 fully saturated rings. The summed E-state index contributed by atoms with van der Waals surface area (Å²) in [6.45, 7) is 5.59. The third-order valence-corrected chi connectivity index (χ3v) is 3.16. The van der Waals surface area contributed by atoms with Gasteiger partial charge in [-0.15, -0.1) is 0 Å². The van der Waals surface area contributed by atoms with Crippen LogP contribution in [-0.4, -0.2) is 47.8 Å². The minimum Gasteiger partial charge on any atom is -0.384 e. The molecule has 2 rings (SSSR count). The average Bonchev–Trinajstić information content (AvgIpc) is 2.44. The van der Waals surface area contributed by atoms with Gasteiger partial charge in [-0.2, -0.15) is 0 Å². The van der Waals surface area contributed by atoms with Crippen LogP contribution < -0.4 is 0 Å². The average molecular weight is 273 g/mol. The molecule has 1 aromatic rings. The van der Waals surface area contributed by atoms with Crippen molar-refractivity contribution in [3.8, 4) is 11.8 Å². The quantitative estimate of drug-likeness (QED) is 0.784. The number of nitrogens with zero attached hydrogens (tertiary/aromatic N) is 1. The Labute approximate surface area is 119 Å². The Morgan fingerprint density at radius 2 is 2.10 bits per heavy atom. The van der Waals surface area contributed by atoms with Gasteiger partial charge in [-0.1, -0.05) is 11.8 Å². The van der Waals surface area contributed by atoms with Crippen molar-refractivity contribution in [3.63, 3.8) is 0 Å². The number of amides is 1. The fourth-order valence-electron chi connectivity index (χ4n) is 2.21. The first-order valence-corrected chi connectivity index (χ1v) is 6.65. The predicted molar refractivity (Wildman–Crippen MR) is 76.3 cm³/mol. The van der Waals surface area contributed by atoms with Gasteiger partial charge in [0.05, 0.1) is 12.2 Å². The Morgan fingerprint density at radius 3 is 2.70 bits per heavy atom. The summed E-state index contributed by atoms with van der Waals surface area (Å²) in [5, 5.41) is 8.64. The van der Waals surface area contributed by atoms with Crippen molar-refractivity contribution >= 4 is 5.91 Å². The molecular formula is C16H19NO3. The second-order valence-corrected chi connectivity index (χ2v) is 5.37. The summed E-state index contributed by atoms with van der Waals surface area (Å²) < 4.78 is 5.61. The van der Waals surface area contributed by atoms with Gasteiger partial charge in [-0.3, -0.25) is 4.79 Å². The first kappa shape index (κ1) is 14.6. The highest BCUT2D eigenvalue weighted by Crippen LogP contribution is 2.18. The van der Waals surface area contributed by atoms with Crippen molar-refractivity contribution in [2.75, 3.05) is 26.3 Å². The topological polar surface area (TPSA) is 49.8 Å². The van der Waals surface area contributed by atoms with Crippen LogP contribution in [0.15, 0.2) is 24.3 Å². The first-order chi connectivity index (χ1) is 9.52. The van der Waals surface area contributed by atoms with Gasteiger partial charge in [0.25, 0.3) is 5.91 Å². The molecule has 1 aliphatic heterocycles. The molecule has 0 aliphatic carbocycles. The number of rotatable bonds is 1. The third kappa shape index (κ3) is 3.60. The monoisotopic (exact) mass is 273 g/mol. The predicted octanol–water partition coefficient (Wildman–Crippen LogP) is 1.28. The highest BCUT2D eigenvalue weighted by Gasteiger charge is 2.30. The number of carbonyl (C=O) groups excluding carboxylic acids is 1. The van der Waals surface area contributed by atoms with Gasteiger partial charge in [-0.05, 0) is 38.1 Å².